The fourth-order valence-electron chi connectivity index (χ4n) is 8.67. The highest BCUT2D eigenvalue weighted by Crippen LogP contribution is 2.49. The molecule has 0 fully saturated rings. The average molecular weight is 868 g/mol. The second-order valence-corrected chi connectivity index (χ2v) is 21.0. The molecule has 0 aromatic heterocycles. The van der Waals surface area contributed by atoms with Crippen molar-refractivity contribution in [3.8, 4) is 0 Å². The zero-order valence-corrected chi connectivity index (χ0v) is 36.2. The molecule has 2 heterocycles. The monoisotopic (exact) mass is 867 g/mol. The molecule has 0 saturated carbocycles. The molecule has 3 aromatic rings. The highest BCUT2D eigenvalue weighted by molar-refractivity contribution is 7.86. The summed E-state index contributed by atoms with van der Waals surface area (Å²) in [6, 6.07) is 19.2. The van der Waals surface area contributed by atoms with Gasteiger partial charge in [-0.05, 0) is 105 Å². The van der Waals surface area contributed by atoms with Crippen molar-refractivity contribution in [3.63, 3.8) is 0 Å². The summed E-state index contributed by atoms with van der Waals surface area (Å²) in [6.07, 6.45) is 11.6. The lowest BCUT2D eigenvalue weighted by Gasteiger charge is -2.28. The van der Waals surface area contributed by atoms with Crippen molar-refractivity contribution in [1.29, 1.82) is 0 Å². The first-order valence-electron chi connectivity index (χ1n) is 19.7. The van der Waals surface area contributed by atoms with Crippen LogP contribution in [0.1, 0.15) is 89.3 Å². The van der Waals surface area contributed by atoms with Crippen LogP contribution in [0.3, 0.4) is 0 Å². The summed E-state index contributed by atoms with van der Waals surface area (Å²) in [7, 11) is -12.7. The number of unbranched alkanes of at least 4 members (excludes halogenated alkanes) is 2. The van der Waals surface area contributed by atoms with E-state index in [4.69, 9.17) is 0 Å². The minimum atomic E-state index is -4.50. The average Bonchev–Trinajstić information content (AvgIpc) is 3.50. The molecule has 3 N–H and O–H groups in total. The maximum absolute atomic E-state index is 15.9. The predicted octanol–water partition coefficient (Wildman–Crippen LogP) is 8.59. The summed E-state index contributed by atoms with van der Waals surface area (Å²) in [5, 5.41) is 0. The molecule has 15 heteroatoms. The standard InChI is InChI=1S/C44H51FN2O9S3/c1-43(2)35-17-6-8-19-38(35)46(26-9-11-28-57(48,49)50)40(43)24-20-31-14-13-15-32(42(31)34-16-5-7-18-37(34)45)21-25-41-44(3,4)36-30-33(59(54,55)56)22-23-39(36)47(41)27-10-12-29-58(51,52)53/h5-8,16-25,30H,9-15,26-29H2,1-4H3,(H2-,48,49,50,51,52,53,54,55,56)/p+1. The van der Waals surface area contributed by atoms with Gasteiger partial charge in [-0.2, -0.15) is 29.8 Å². The van der Waals surface area contributed by atoms with Crippen LogP contribution < -0.4 is 4.90 Å². The minimum Gasteiger partial charge on any atom is -0.344 e. The van der Waals surface area contributed by atoms with Gasteiger partial charge in [0.15, 0.2) is 5.71 Å². The van der Waals surface area contributed by atoms with Crippen LogP contribution in [0.5, 0.6) is 0 Å². The van der Waals surface area contributed by atoms with Gasteiger partial charge in [-0.15, -0.1) is 0 Å². The van der Waals surface area contributed by atoms with Crippen molar-refractivity contribution in [2.45, 2.75) is 88.4 Å². The third-order valence-electron chi connectivity index (χ3n) is 11.6. The Morgan fingerprint density at radius 1 is 0.746 bits per heavy atom. The van der Waals surface area contributed by atoms with Gasteiger partial charge < -0.3 is 4.90 Å². The summed E-state index contributed by atoms with van der Waals surface area (Å²) in [5.41, 5.74) is 7.18. The van der Waals surface area contributed by atoms with E-state index in [1.807, 2.05) is 49.1 Å². The summed E-state index contributed by atoms with van der Waals surface area (Å²) in [6.45, 7) is 9.06. The van der Waals surface area contributed by atoms with Crippen molar-refractivity contribution in [2.75, 3.05) is 29.5 Å². The topological polar surface area (TPSA) is 169 Å². The number of allylic oxidation sites excluding steroid dienone is 8. The molecule has 0 spiro atoms. The van der Waals surface area contributed by atoms with Crippen molar-refractivity contribution >= 4 is 53.0 Å². The van der Waals surface area contributed by atoms with Crippen LogP contribution in [0.2, 0.25) is 0 Å². The summed E-state index contributed by atoms with van der Waals surface area (Å²) in [5.74, 6) is -1.09. The molecule has 59 heavy (non-hydrogen) atoms. The Hall–Kier alpha value is -4.25. The number of fused-ring (bicyclic) bond motifs is 2. The molecular weight excluding hydrogens is 816 g/mol. The fraction of sp³-hybridized carbons (Fsp3) is 0.386. The highest BCUT2D eigenvalue weighted by Gasteiger charge is 2.44. The SMILES string of the molecule is CC1(C)C(/C=C/C2=C(c3ccccc3F)C(=C/C=C3/N(CCCCS(=O)(=O)O)c4ccc(S(=O)(=O)O)cc4C3(C)C)/CCC2)=[N+](CCCCS(=O)(=O)O)c2ccccc21. The van der Waals surface area contributed by atoms with Crippen molar-refractivity contribution in [1.82, 2.24) is 0 Å². The normalized spacial score (nSPS) is 19.4. The molecular formula is C44H52FN2O9S3+. The van der Waals surface area contributed by atoms with E-state index in [-0.39, 0.29) is 22.9 Å². The van der Waals surface area contributed by atoms with Crippen LogP contribution in [-0.2, 0) is 41.2 Å². The minimum absolute atomic E-state index is 0.196. The zero-order valence-electron chi connectivity index (χ0n) is 33.7. The Kier molecular flexibility index (Phi) is 12.8. The molecule has 3 aliphatic rings. The second kappa shape index (κ2) is 17.0. The van der Waals surface area contributed by atoms with E-state index in [0.29, 0.717) is 62.0 Å². The lowest BCUT2D eigenvalue weighted by atomic mass is 9.79. The molecule has 0 atom stereocenters. The summed E-state index contributed by atoms with van der Waals surface area (Å²) in [4.78, 5) is 1.76. The number of hydrogen-bond donors (Lipinski definition) is 3. The summed E-state index contributed by atoms with van der Waals surface area (Å²) >= 11 is 0. The zero-order chi connectivity index (χ0) is 43.0. The number of para-hydroxylation sites is 1. The van der Waals surface area contributed by atoms with Crippen molar-refractivity contribution in [2.24, 2.45) is 0 Å². The van der Waals surface area contributed by atoms with Crippen molar-refractivity contribution in [3.05, 3.63) is 130 Å². The molecule has 1 aliphatic carbocycles. The highest BCUT2D eigenvalue weighted by atomic mass is 32.2. The molecule has 3 aromatic carbocycles. The number of anilines is 1. The van der Waals surface area contributed by atoms with E-state index >= 15 is 4.39 Å². The Morgan fingerprint density at radius 2 is 1.41 bits per heavy atom. The number of nitrogens with zero attached hydrogens (tertiary/aromatic N) is 2. The first-order valence-corrected chi connectivity index (χ1v) is 24.4. The first kappa shape index (κ1) is 44.3. The molecule has 0 bridgehead atoms. The third kappa shape index (κ3) is 9.87. The van der Waals surface area contributed by atoms with Gasteiger partial charge >= 0.3 is 0 Å². The number of halogens is 1. The van der Waals surface area contributed by atoms with Crippen molar-refractivity contribution < 1.29 is 47.9 Å². The van der Waals surface area contributed by atoms with Gasteiger partial charge in [-0.1, -0.05) is 62.4 Å². The Labute approximate surface area is 347 Å². The van der Waals surface area contributed by atoms with E-state index in [1.54, 1.807) is 24.3 Å². The van der Waals surface area contributed by atoms with Gasteiger partial charge in [0.25, 0.3) is 30.4 Å². The third-order valence-corrected chi connectivity index (χ3v) is 14.0. The maximum atomic E-state index is 15.9. The first-order chi connectivity index (χ1) is 27.6. The molecule has 11 nitrogen and oxygen atoms in total. The second-order valence-electron chi connectivity index (χ2n) is 16.4. The largest absolute Gasteiger partial charge is 0.344 e. The lowest BCUT2D eigenvalue weighted by molar-refractivity contribution is -0.438. The molecule has 0 radical (unpaired) electrons. The van der Waals surface area contributed by atoms with Gasteiger partial charge in [-0.3, -0.25) is 13.7 Å². The number of hydrogen-bond acceptors (Lipinski definition) is 7. The van der Waals surface area contributed by atoms with Crippen LogP contribution in [-0.4, -0.2) is 73.8 Å². The molecule has 0 unspecified atom stereocenters. The predicted molar refractivity (Wildman–Crippen MR) is 230 cm³/mol. The van der Waals surface area contributed by atoms with E-state index in [9.17, 15) is 38.9 Å². The molecule has 2 aliphatic heterocycles. The van der Waals surface area contributed by atoms with Crippen LogP contribution in [0, 0.1) is 5.82 Å². The van der Waals surface area contributed by atoms with Crippen LogP contribution in [0.25, 0.3) is 5.57 Å². The van der Waals surface area contributed by atoms with Crippen LogP contribution >= 0.6 is 0 Å². The lowest BCUT2D eigenvalue weighted by Crippen LogP contribution is -2.28. The molecule has 6 rings (SSSR count). The van der Waals surface area contributed by atoms with Gasteiger partial charge in [0, 0.05) is 53.0 Å². The van der Waals surface area contributed by atoms with E-state index in [2.05, 4.69) is 36.6 Å². The van der Waals surface area contributed by atoms with E-state index in [1.165, 1.54) is 18.2 Å². The van der Waals surface area contributed by atoms with Gasteiger partial charge in [0.1, 0.15) is 12.4 Å². The van der Waals surface area contributed by atoms with Crippen LogP contribution in [0.15, 0.2) is 113 Å². The Morgan fingerprint density at radius 3 is 2.08 bits per heavy atom. The van der Waals surface area contributed by atoms with Gasteiger partial charge in [0.05, 0.1) is 21.8 Å². The number of rotatable bonds is 15. The Bertz CT molecular complexity index is 2640. The smallest absolute Gasteiger partial charge is 0.294 e. The van der Waals surface area contributed by atoms with Crippen LogP contribution in [0.4, 0.5) is 15.8 Å². The van der Waals surface area contributed by atoms with E-state index < -0.39 is 46.9 Å². The molecule has 0 amide bonds. The maximum Gasteiger partial charge on any atom is 0.294 e. The Balaban J connectivity index is 1.45. The van der Waals surface area contributed by atoms with E-state index in [0.717, 1.165) is 45.8 Å². The molecule has 0 saturated heterocycles. The fourth-order valence-corrected chi connectivity index (χ4v) is 10.3. The molecule has 316 valence electrons. The van der Waals surface area contributed by atoms with Gasteiger partial charge in [-0.25, -0.2) is 4.39 Å². The summed E-state index contributed by atoms with van der Waals surface area (Å²) < 4.78 is 117. The number of benzene rings is 3. The van der Waals surface area contributed by atoms with Gasteiger partial charge in [0.2, 0.25) is 5.69 Å². The quantitative estimate of drug-likeness (QED) is 0.0764.